The number of rotatable bonds is 4. The third-order valence-electron chi connectivity index (χ3n) is 3.84. The van der Waals surface area contributed by atoms with E-state index >= 15 is 0 Å². The number of methoxy groups -OCH3 is 3. The van der Waals surface area contributed by atoms with E-state index in [1.165, 1.54) is 45.6 Å². The normalized spacial score (nSPS) is 13.1. The maximum Gasteiger partial charge on any atom is 0.266 e. The van der Waals surface area contributed by atoms with Gasteiger partial charge in [0.15, 0.2) is 11.5 Å². The number of hydrogen-bond donors (Lipinski definition) is 0. The van der Waals surface area contributed by atoms with Crippen molar-refractivity contribution in [1.82, 2.24) is 0 Å². The first-order valence-electron chi connectivity index (χ1n) is 7.10. The molecule has 0 bridgehead atoms. The maximum atomic E-state index is 12.7. The molecule has 2 amide bonds. The van der Waals surface area contributed by atoms with Crippen LogP contribution in [-0.4, -0.2) is 33.1 Å². The number of hydrogen-bond acceptors (Lipinski definition) is 5. The Morgan fingerprint density at radius 2 is 1.20 bits per heavy atom. The van der Waals surface area contributed by atoms with Crippen molar-refractivity contribution >= 4 is 40.7 Å². The summed E-state index contributed by atoms with van der Waals surface area (Å²) in [5, 5.41) is 0.404. The van der Waals surface area contributed by atoms with Crippen molar-refractivity contribution in [3.63, 3.8) is 0 Å². The van der Waals surface area contributed by atoms with Gasteiger partial charge in [-0.2, -0.15) is 0 Å². The number of imide groups is 1. The van der Waals surface area contributed by atoms with Crippen molar-refractivity contribution < 1.29 is 23.8 Å². The number of anilines is 1. The third kappa shape index (κ3) is 2.67. The van der Waals surface area contributed by atoms with Crippen LogP contribution in [-0.2, 0) is 0 Å². The fraction of sp³-hybridized carbons (Fsp3) is 0.176. The van der Waals surface area contributed by atoms with Crippen LogP contribution in [0, 0.1) is 0 Å². The van der Waals surface area contributed by atoms with Gasteiger partial charge in [0.1, 0.15) is 0 Å². The Hall–Kier alpha value is -2.44. The number of amides is 2. The fourth-order valence-electron chi connectivity index (χ4n) is 2.66. The average Bonchev–Trinajstić information content (AvgIpc) is 2.84. The molecule has 1 aliphatic heterocycles. The molecule has 0 radical (unpaired) electrons. The van der Waals surface area contributed by atoms with Crippen LogP contribution in [0.25, 0.3) is 0 Å². The molecular weight excluding hydrogens is 369 g/mol. The Bertz CT molecular complexity index is 831. The number of fused-ring (bicyclic) bond motifs is 1. The summed E-state index contributed by atoms with van der Waals surface area (Å²) < 4.78 is 15.8. The Kier molecular flexibility index (Phi) is 4.49. The van der Waals surface area contributed by atoms with Crippen LogP contribution in [0.4, 0.5) is 5.69 Å². The van der Waals surface area contributed by atoms with Crippen LogP contribution >= 0.6 is 23.2 Å². The molecule has 1 aliphatic rings. The van der Waals surface area contributed by atoms with Crippen LogP contribution in [0.5, 0.6) is 17.2 Å². The van der Waals surface area contributed by atoms with Gasteiger partial charge in [-0.1, -0.05) is 23.2 Å². The zero-order chi connectivity index (χ0) is 18.3. The molecule has 0 saturated carbocycles. The van der Waals surface area contributed by atoms with Crippen LogP contribution < -0.4 is 19.1 Å². The molecule has 6 nitrogen and oxygen atoms in total. The van der Waals surface area contributed by atoms with Crippen LogP contribution in [0.3, 0.4) is 0 Å². The highest BCUT2D eigenvalue weighted by Crippen LogP contribution is 2.43. The molecule has 1 heterocycles. The molecule has 0 fully saturated rings. The van der Waals surface area contributed by atoms with Gasteiger partial charge in [0, 0.05) is 12.1 Å². The predicted octanol–water partition coefficient (Wildman–Crippen LogP) is 3.82. The first-order valence-corrected chi connectivity index (χ1v) is 7.86. The highest BCUT2D eigenvalue weighted by atomic mass is 35.5. The standard InChI is InChI=1S/C17H13Cl2NO5/c1-23-13-4-8(5-14(24-2)15(13)25-3)20-16(21)9-6-11(18)12(19)7-10(9)17(20)22/h4-7H,1-3H3. The average molecular weight is 382 g/mol. The van der Waals surface area contributed by atoms with Gasteiger partial charge in [-0.15, -0.1) is 0 Å². The predicted molar refractivity (Wildman–Crippen MR) is 93.7 cm³/mol. The summed E-state index contributed by atoms with van der Waals surface area (Å²) >= 11 is 11.9. The van der Waals surface area contributed by atoms with E-state index in [1.54, 1.807) is 0 Å². The van der Waals surface area contributed by atoms with Crippen molar-refractivity contribution in [2.75, 3.05) is 26.2 Å². The van der Waals surface area contributed by atoms with Crippen molar-refractivity contribution in [3.8, 4) is 17.2 Å². The molecule has 8 heteroatoms. The Labute approximate surface area is 153 Å². The lowest BCUT2D eigenvalue weighted by Gasteiger charge is -2.18. The second-order valence-electron chi connectivity index (χ2n) is 5.14. The van der Waals surface area contributed by atoms with Gasteiger partial charge < -0.3 is 14.2 Å². The second kappa shape index (κ2) is 6.46. The highest BCUT2D eigenvalue weighted by molar-refractivity contribution is 6.44. The van der Waals surface area contributed by atoms with Gasteiger partial charge in [0.2, 0.25) is 5.75 Å². The van der Waals surface area contributed by atoms with Gasteiger partial charge in [-0.05, 0) is 12.1 Å². The topological polar surface area (TPSA) is 65.1 Å². The summed E-state index contributed by atoms with van der Waals surface area (Å²) in [6.07, 6.45) is 0. The van der Waals surface area contributed by atoms with E-state index in [2.05, 4.69) is 0 Å². The van der Waals surface area contributed by atoms with Gasteiger partial charge in [0.05, 0.1) is 48.2 Å². The van der Waals surface area contributed by atoms with Gasteiger partial charge in [0.25, 0.3) is 11.8 Å². The fourth-order valence-corrected chi connectivity index (χ4v) is 2.99. The minimum atomic E-state index is -0.507. The quantitative estimate of drug-likeness (QED) is 0.753. The van der Waals surface area contributed by atoms with Gasteiger partial charge in [-0.3, -0.25) is 9.59 Å². The van der Waals surface area contributed by atoms with Crippen molar-refractivity contribution in [2.45, 2.75) is 0 Å². The Morgan fingerprint density at radius 3 is 1.56 bits per heavy atom. The summed E-state index contributed by atoms with van der Waals surface area (Å²) in [7, 11) is 4.36. The molecule has 3 rings (SSSR count). The molecular formula is C17H13Cl2NO5. The molecule has 0 aliphatic carbocycles. The SMILES string of the molecule is COc1cc(N2C(=O)c3cc(Cl)c(Cl)cc3C2=O)cc(OC)c1OC. The van der Waals surface area contributed by atoms with E-state index in [0.717, 1.165) is 4.90 Å². The molecule has 0 N–H and O–H groups in total. The number of halogens is 2. The highest BCUT2D eigenvalue weighted by Gasteiger charge is 2.38. The summed E-state index contributed by atoms with van der Waals surface area (Å²) in [5.74, 6) is -0.00827. The zero-order valence-electron chi connectivity index (χ0n) is 13.6. The number of carbonyl (C=O) groups is 2. The van der Waals surface area contributed by atoms with E-state index in [4.69, 9.17) is 37.4 Å². The summed E-state index contributed by atoms with van der Waals surface area (Å²) in [4.78, 5) is 26.4. The number of nitrogens with zero attached hydrogens (tertiary/aromatic N) is 1. The Morgan fingerprint density at radius 1 is 0.760 bits per heavy atom. The second-order valence-corrected chi connectivity index (χ2v) is 5.96. The summed E-state index contributed by atoms with van der Waals surface area (Å²) in [6, 6.07) is 5.81. The van der Waals surface area contributed by atoms with Gasteiger partial charge >= 0.3 is 0 Å². The lowest BCUT2D eigenvalue weighted by atomic mass is 10.1. The molecule has 0 unspecified atom stereocenters. The van der Waals surface area contributed by atoms with E-state index in [1.807, 2.05) is 0 Å². The summed E-state index contributed by atoms with van der Waals surface area (Å²) in [6.45, 7) is 0. The minimum Gasteiger partial charge on any atom is -0.493 e. The van der Waals surface area contributed by atoms with E-state index in [9.17, 15) is 9.59 Å². The lowest BCUT2D eigenvalue weighted by Crippen LogP contribution is -2.29. The molecule has 25 heavy (non-hydrogen) atoms. The number of benzene rings is 2. The van der Waals surface area contributed by atoms with E-state index in [0.29, 0.717) is 17.2 Å². The molecule has 0 aromatic heterocycles. The van der Waals surface area contributed by atoms with Crippen molar-refractivity contribution in [2.24, 2.45) is 0 Å². The summed E-state index contributed by atoms with van der Waals surface area (Å²) in [5.41, 5.74) is 0.661. The monoisotopic (exact) mass is 381 g/mol. The lowest BCUT2D eigenvalue weighted by molar-refractivity contribution is 0.0926. The number of carbonyl (C=O) groups excluding carboxylic acids is 2. The first-order chi connectivity index (χ1) is 11.9. The smallest absolute Gasteiger partial charge is 0.266 e. The number of ether oxygens (including phenoxy) is 3. The van der Waals surface area contributed by atoms with E-state index < -0.39 is 11.8 Å². The largest absolute Gasteiger partial charge is 0.493 e. The van der Waals surface area contributed by atoms with Gasteiger partial charge in [-0.25, -0.2) is 4.90 Å². The molecule has 2 aromatic rings. The molecule has 0 atom stereocenters. The van der Waals surface area contributed by atoms with Crippen LogP contribution in [0.2, 0.25) is 10.0 Å². The van der Waals surface area contributed by atoms with E-state index in [-0.39, 0.29) is 26.9 Å². The molecule has 2 aromatic carbocycles. The van der Waals surface area contributed by atoms with Crippen molar-refractivity contribution in [3.05, 3.63) is 45.4 Å². The van der Waals surface area contributed by atoms with Crippen molar-refractivity contribution in [1.29, 1.82) is 0 Å². The zero-order valence-corrected chi connectivity index (χ0v) is 15.1. The Balaban J connectivity index is 2.15. The first kappa shape index (κ1) is 17.4. The third-order valence-corrected chi connectivity index (χ3v) is 4.56. The maximum absolute atomic E-state index is 12.7. The molecule has 0 spiro atoms. The molecule has 130 valence electrons. The van der Waals surface area contributed by atoms with Crippen LogP contribution in [0.1, 0.15) is 20.7 Å². The molecule has 0 saturated heterocycles. The van der Waals surface area contributed by atoms with Crippen LogP contribution in [0.15, 0.2) is 24.3 Å². The minimum absolute atomic E-state index is 0.188.